The fourth-order valence-corrected chi connectivity index (χ4v) is 2.18. The Hall–Kier alpha value is -1.26. The molecule has 0 saturated carbocycles. The zero-order valence-corrected chi connectivity index (χ0v) is 10.1. The monoisotopic (exact) mass is 258 g/mol. The molecule has 6 heteroatoms. The van der Waals surface area contributed by atoms with Crippen LogP contribution in [0.2, 0.25) is 10.2 Å². The zero-order chi connectivity index (χ0) is 11.9. The van der Waals surface area contributed by atoms with Gasteiger partial charge < -0.3 is 4.74 Å². The van der Waals surface area contributed by atoms with Gasteiger partial charge in [0.1, 0.15) is 0 Å². The number of esters is 1. The Morgan fingerprint density at radius 1 is 1.44 bits per heavy atom. The van der Waals surface area contributed by atoms with Crippen LogP contribution in [0.5, 0.6) is 0 Å². The summed E-state index contributed by atoms with van der Waals surface area (Å²) in [5.74, 6) is -0.482. The van der Waals surface area contributed by atoms with Crippen molar-refractivity contribution in [2.45, 2.75) is 0 Å². The third-order valence-electron chi connectivity index (χ3n) is 2.31. The van der Waals surface area contributed by atoms with E-state index in [9.17, 15) is 4.79 Å². The van der Waals surface area contributed by atoms with E-state index in [2.05, 4.69) is 9.84 Å². The molecule has 1 heterocycles. The number of methoxy groups -OCH3 is 1. The Morgan fingerprint density at radius 3 is 2.75 bits per heavy atom. The van der Waals surface area contributed by atoms with Gasteiger partial charge in [0.15, 0.2) is 5.15 Å². The van der Waals surface area contributed by atoms with Crippen LogP contribution in [0.1, 0.15) is 10.4 Å². The summed E-state index contributed by atoms with van der Waals surface area (Å²) < 4.78 is 6.16. The highest BCUT2D eigenvalue weighted by molar-refractivity contribution is 6.40. The number of aromatic nitrogens is 2. The Kier molecular flexibility index (Phi) is 2.78. The number of hydrogen-bond donors (Lipinski definition) is 0. The molecular weight excluding hydrogens is 251 g/mol. The molecule has 0 spiro atoms. The van der Waals surface area contributed by atoms with Gasteiger partial charge in [-0.05, 0) is 12.1 Å². The van der Waals surface area contributed by atoms with Crippen LogP contribution in [0, 0.1) is 0 Å². The molecule has 0 aliphatic rings. The smallest absolute Gasteiger partial charge is 0.339 e. The maximum absolute atomic E-state index is 11.4. The van der Waals surface area contributed by atoms with Gasteiger partial charge in [0, 0.05) is 12.4 Å². The summed E-state index contributed by atoms with van der Waals surface area (Å²) in [4.78, 5) is 11.4. The third kappa shape index (κ3) is 1.54. The van der Waals surface area contributed by atoms with E-state index >= 15 is 0 Å². The van der Waals surface area contributed by atoms with Crippen molar-refractivity contribution < 1.29 is 9.53 Å². The molecular formula is C10H8Cl2N2O2. The first-order chi connectivity index (χ1) is 7.56. The van der Waals surface area contributed by atoms with E-state index in [0.29, 0.717) is 26.6 Å². The zero-order valence-electron chi connectivity index (χ0n) is 8.62. The van der Waals surface area contributed by atoms with Crippen molar-refractivity contribution in [2.75, 3.05) is 7.11 Å². The molecule has 1 aromatic carbocycles. The van der Waals surface area contributed by atoms with E-state index in [1.54, 1.807) is 19.2 Å². The molecule has 0 fully saturated rings. The number of aryl methyl sites for hydroxylation is 1. The third-order valence-corrected chi connectivity index (χ3v) is 2.97. The lowest BCUT2D eigenvalue weighted by molar-refractivity contribution is 0.0601. The summed E-state index contributed by atoms with van der Waals surface area (Å²) in [6.45, 7) is 0. The van der Waals surface area contributed by atoms with E-state index in [0.717, 1.165) is 0 Å². The van der Waals surface area contributed by atoms with E-state index in [1.807, 2.05) is 0 Å². The van der Waals surface area contributed by atoms with Crippen LogP contribution in [0.3, 0.4) is 0 Å². The second-order valence-corrected chi connectivity index (χ2v) is 3.97. The first kappa shape index (κ1) is 11.2. The number of hydrogen-bond acceptors (Lipinski definition) is 3. The second-order valence-electron chi connectivity index (χ2n) is 3.23. The van der Waals surface area contributed by atoms with Crippen LogP contribution in [0.25, 0.3) is 10.9 Å². The molecule has 84 valence electrons. The van der Waals surface area contributed by atoms with Gasteiger partial charge in [-0.1, -0.05) is 23.2 Å². The number of benzene rings is 1. The normalized spacial score (nSPS) is 10.8. The van der Waals surface area contributed by atoms with Gasteiger partial charge in [-0.2, -0.15) is 5.10 Å². The Bertz CT molecular complexity index is 578. The maximum atomic E-state index is 11.4. The molecule has 4 nitrogen and oxygen atoms in total. The van der Waals surface area contributed by atoms with Crippen molar-refractivity contribution in [1.29, 1.82) is 0 Å². The van der Waals surface area contributed by atoms with Gasteiger partial charge >= 0.3 is 5.97 Å². The lowest BCUT2D eigenvalue weighted by atomic mass is 10.1. The molecule has 2 rings (SSSR count). The van der Waals surface area contributed by atoms with Crippen LogP contribution in [0.15, 0.2) is 12.1 Å². The van der Waals surface area contributed by atoms with Crippen molar-refractivity contribution in [1.82, 2.24) is 9.78 Å². The topological polar surface area (TPSA) is 44.1 Å². The fraction of sp³-hybridized carbons (Fsp3) is 0.200. The fourth-order valence-electron chi connectivity index (χ4n) is 1.55. The quantitative estimate of drug-likeness (QED) is 0.739. The minimum Gasteiger partial charge on any atom is -0.465 e. The Balaban J connectivity index is 2.79. The predicted molar refractivity (Wildman–Crippen MR) is 62.1 cm³/mol. The van der Waals surface area contributed by atoms with Crippen molar-refractivity contribution in [3.05, 3.63) is 27.9 Å². The lowest BCUT2D eigenvalue weighted by Crippen LogP contribution is -2.03. The average Bonchev–Trinajstić information content (AvgIpc) is 2.54. The molecule has 0 atom stereocenters. The lowest BCUT2D eigenvalue weighted by Gasteiger charge is -2.04. The van der Waals surface area contributed by atoms with E-state index in [4.69, 9.17) is 23.2 Å². The van der Waals surface area contributed by atoms with Gasteiger partial charge in [0.2, 0.25) is 0 Å². The molecule has 0 unspecified atom stereocenters. The number of ether oxygens (including phenoxy) is 1. The number of nitrogens with zero attached hydrogens (tertiary/aromatic N) is 2. The summed E-state index contributed by atoms with van der Waals surface area (Å²) >= 11 is 12.0. The summed E-state index contributed by atoms with van der Waals surface area (Å²) in [5, 5.41) is 5.39. The molecule has 0 aliphatic heterocycles. The van der Waals surface area contributed by atoms with Gasteiger partial charge in [0.05, 0.1) is 23.2 Å². The van der Waals surface area contributed by atoms with E-state index < -0.39 is 5.97 Å². The number of carbonyl (C=O) groups is 1. The van der Waals surface area contributed by atoms with Crippen LogP contribution in [-0.4, -0.2) is 22.9 Å². The first-order valence-electron chi connectivity index (χ1n) is 4.45. The SMILES string of the molecule is COC(=O)c1ccc2c(Cl)nn(C)c2c1Cl. The molecule has 16 heavy (non-hydrogen) atoms. The highest BCUT2D eigenvalue weighted by Crippen LogP contribution is 2.31. The number of carbonyl (C=O) groups excluding carboxylic acids is 1. The van der Waals surface area contributed by atoms with Crippen LogP contribution >= 0.6 is 23.2 Å². The second kappa shape index (κ2) is 3.96. The van der Waals surface area contributed by atoms with E-state index in [-0.39, 0.29) is 0 Å². The number of rotatable bonds is 1. The standard InChI is InChI=1S/C10H8Cl2N2O2/c1-14-8-6(9(12)13-14)4-3-5(7(8)11)10(15)16-2/h3-4H,1-2H3. The van der Waals surface area contributed by atoms with Crippen molar-refractivity contribution in [2.24, 2.45) is 7.05 Å². The largest absolute Gasteiger partial charge is 0.465 e. The van der Waals surface area contributed by atoms with Gasteiger partial charge in [-0.3, -0.25) is 4.68 Å². The summed E-state index contributed by atoms with van der Waals surface area (Å²) in [7, 11) is 3.01. The van der Waals surface area contributed by atoms with Crippen molar-refractivity contribution >= 4 is 40.1 Å². The van der Waals surface area contributed by atoms with Gasteiger partial charge in [-0.15, -0.1) is 0 Å². The molecule has 2 aromatic rings. The van der Waals surface area contributed by atoms with Crippen LogP contribution in [0.4, 0.5) is 0 Å². The van der Waals surface area contributed by atoms with Crippen molar-refractivity contribution in [3.8, 4) is 0 Å². The summed E-state index contributed by atoms with van der Waals surface area (Å²) in [6, 6.07) is 3.27. The number of halogens is 2. The van der Waals surface area contributed by atoms with Gasteiger partial charge in [0.25, 0.3) is 0 Å². The molecule has 0 radical (unpaired) electrons. The Labute approximate surface area is 102 Å². The summed E-state index contributed by atoms with van der Waals surface area (Å²) in [6.07, 6.45) is 0. The summed E-state index contributed by atoms with van der Waals surface area (Å²) in [5.41, 5.74) is 0.922. The molecule has 0 bridgehead atoms. The van der Waals surface area contributed by atoms with Crippen LogP contribution < -0.4 is 0 Å². The highest BCUT2D eigenvalue weighted by Gasteiger charge is 2.17. The van der Waals surface area contributed by atoms with Crippen molar-refractivity contribution in [3.63, 3.8) is 0 Å². The van der Waals surface area contributed by atoms with E-state index in [1.165, 1.54) is 11.8 Å². The number of fused-ring (bicyclic) bond motifs is 1. The predicted octanol–water partition coefficient (Wildman–Crippen LogP) is 2.67. The molecule has 1 aromatic heterocycles. The molecule has 0 amide bonds. The molecule has 0 aliphatic carbocycles. The minimum atomic E-state index is -0.482. The Morgan fingerprint density at radius 2 is 2.12 bits per heavy atom. The van der Waals surface area contributed by atoms with Crippen LogP contribution in [-0.2, 0) is 11.8 Å². The maximum Gasteiger partial charge on any atom is 0.339 e. The highest BCUT2D eigenvalue weighted by atomic mass is 35.5. The van der Waals surface area contributed by atoms with Gasteiger partial charge in [-0.25, -0.2) is 4.79 Å². The molecule has 0 saturated heterocycles. The molecule has 0 N–H and O–H groups in total. The average molecular weight is 259 g/mol. The minimum absolute atomic E-state index is 0.297. The first-order valence-corrected chi connectivity index (χ1v) is 5.21.